The minimum atomic E-state index is -0.660. The molecule has 0 saturated carbocycles. The molecule has 3 heterocycles. The average molecular weight is 897 g/mol. The number of urea groups is 2. The Balaban J connectivity index is 0.000000181. The Hall–Kier alpha value is -8.15. The Kier molecular flexibility index (Phi) is 13.6. The van der Waals surface area contributed by atoms with Gasteiger partial charge in [0.25, 0.3) is 0 Å². The van der Waals surface area contributed by atoms with E-state index in [9.17, 15) is 18.4 Å². The van der Waals surface area contributed by atoms with Gasteiger partial charge in [-0.25, -0.2) is 23.4 Å². The number of amides is 4. The summed E-state index contributed by atoms with van der Waals surface area (Å²) in [6.07, 6.45) is 5.03. The van der Waals surface area contributed by atoms with Crippen molar-refractivity contribution >= 4 is 74.3 Å². The molecule has 0 radical (unpaired) electrons. The Bertz CT molecular complexity index is 2980. The van der Waals surface area contributed by atoms with Crippen LogP contribution in [-0.4, -0.2) is 65.3 Å². The summed E-state index contributed by atoms with van der Waals surface area (Å²) in [5, 5.41) is 13.9. The van der Waals surface area contributed by atoms with E-state index >= 15 is 0 Å². The fraction of sp³-hybridized carbons (Fsp3) is 0.106. The molecule has 9 rings (SSSR count). The Morgan fingerprint density at radius 2 is 1.18 bits per heavy atom. The number of rotatable bonds is 10. The van der Waals surface area contributed by atoms with Gasteiger partial charge in [0.05, 0.1) is 40.4 Å². The number of carbonyl (C=O) groups is 2. The fourth-order valence-corrected chi connectivity index (χ4v) is 6.61. The largest absolute Gasteiger partial charge is 0.497 e. The quantitative estimate of drug-likeness (QED) is 0.0883. The van der Waals surface area contributed by atoms with Gasteiger partial charge in [-0.2, -0.15) is 0 Å². The van der Waals surface area contributed by atoms with Crippen molar-refractivity contribution in [2.24, 2.45) is 0 Å². The highest BCUT2D eigenvalue weighted by atomic mass is 35.5. The molecule has 1 fully saturated rings. The monoisotopic (exact) mass is 896 g/mol. The van der Waals surface area contributed by atoms with E-state index in [-0.39, 0.29) is 28.2 Å². The number of nitrogens with one attached hydrogen (secondary N) is 5. The van der Waals surface area contributed by atoms with Crippen LogP contribution < -0.4 is 45.7 Å². The molecule has 6 aromatic carbocycles. The van der Waals surface area contributed by atoms with Crippen LogP contribution in [0.2, 0.25) is 5.02 Å². The number of halogens is 3. The number of hydrogen-bond donors (Lipinski definition) is 5. The standard InChI is InChI=1S/C25H21ClF2N6O2.C22H18N4O3/c26-18-4-1-15(11-20(18)28)31-25(35)32-16-2-5-19(27)23(12-16)36-17-3-6-21-22(13-17)33-24(14-30-21)34-9-7-29-8-10-34;1-28-17-7-5-15(6-8-17)25-22(27)26-16-3-2-4-18(13-16)29-19-9-10-20-21(14-19)24-12-11-23-20/h1-6,11-14,29H,7-10H2,(H2,31,32,35);2-14H,1H3,(H2,25,26,27). The zero-order chi connectivity index (χ0) is 45.1. The second-order valence-electron chi connectivity index (χ2n) is 14.2. The van der Waals surface area contributed by atoms with Crippen LogP contribution in [0.15, 0.2) is 140 Å². The summed E-state index contributed by atoms with van der Waals surface area (Å²) in [5.74, 6) is 1.73. The molecule has 5 N–H and O–H groups in total. The number of ether oxygens (including phenoxy) is 3. The van der Waals surface area contributed by atoms with Crippen LogP contribution in [0, 0.1) is 11.6 Å². The zero-order valence-corrected chi connectivity index (χ0v) is 35.3. The second-order valence-corrected chi connectivity index (χ2v) is 14.6. The van der Waals surface area contributed by atoms with Crippen molar-refractivity contribution in [3.05, 3.63) is 157 Å². The Morgan fingerprint density at radius 1 is 0.600 bits per heavy atom. The predicted octanol–water partition coefficient (Wildman–Crippen LogP) is 10.5. The van der Waals surface area contributed by atoms with Gasteiger partial charge in [-0.1, -0.05) is 17.7 Å². The van der Waals surface area contributed by atoms with Crippen LogP contribution in [0.25, 0.3) is 22.1 Å². The van der Waals surface area contributed by atoms with Gasteiger partial charge in [0.1, 0.15) is 34.6 Å². The van der Waals surface area contributed by atoms with Gasteiger partial charge in [0.2, 0.25) is 0 Å². The molecule has 1 saturated heterocycles. The Labute approximate surface area is 375 Å². The highest BCUT2D eigenvalue weighted by molar-refractivity contribution is 6.30. The maximum Gasteiger partial charge on any atom is 0.323 e. The minimum Gasteiger partial charge on any atom is -0.497 e. The molecule has 0 atom stereocenters. The first-order valence-corrected chi connectivity index (χ1v) is 20.5. The summed E-state index contributed by atoms with van der Waals surface area (Å²) in [4.78, 5) is 44.4. The topological polar surface area (TPSA) is 177 Å². The van der Waals surface area contributed by atoms with Crippen LogP contribution in [-0.2, 0) is 0 Å². The highest BCUT2D eigenvalue weighted by Crippen LogP contribution is 2.31. The number of fused-ring (bicyclic) bond motifs is 2. The zero-order valence-electron chi connectivity index (χ0n) is 34.5. The number of benzene rings is 6. The second kappa shape index (κ2) is 20.4. The third kappa shape index (κ3) is 11.7. The highest BCUT2D eigenvalue weighted by Gasteiger charge is 2.15. The van der Waals surface area contributed by atoms with Crippen molar-refractivity contribution in [3.63, 3.8) is 0 Å². The number of anilines is 5. The Morgan fingerprint density at radius 3 is 1.91 bits per heavy atom. The van der Waals surface area contributed by atoms with Gasteiger partial charge in [0, 0.05) is 85.6 Å². The number of aromatic nitrogens is 4. The van der Waals surface area contributed by atoms with Crippen LogP contribution in [0.1, 0.15) is 0 Å². The number of carbonyl (C=O) groups excluding carboxylic acids is 2. The van der Waals surface area contributed by atoms with E-state index in [1.165, 1.54) is 30.3 Å². The van der Waals surface area contributed by atoms with Crippen LogP contribution in [0.5, 0.6) is 28.7 Å². The lowest BCUT2D eigenvalue weighted by atomic mass is 10.2. The molecule has 15 nitrogen and oxygen atoms in total. The lowest BCUT2D eigenvalue weighted by Gasteiger charge is -2.28. The van der Waals surface area contributed by atoms with E-state index in [2.05, 4.69) is 46.4 Å². The lowest BCUT2D eigenvalue weighted by molar-refractivity contribution is 0.261. The molecule has 1 aliphatic heterocycles. The third-order valence-corrected chi connectivity index (χ3v) is 9.96. The first-order valence-electron chi connectivity index (χ1n) is 20.1. The van der Waals surface area contributed by atoms with E-state index < -0.39 is 17.7 Å². The first-order chi connectivity index (χ1) is 31.6. The molecular formula is C47H39ClF2N10O5. The van der Waals surface area contributed by atoms with Gasteiger partial charge < -0.3 is 45.7 Å². The van der Waals surface area contributed by atoms with Crippen molar-refractivity contribution in [1.29, 1.82) is 0 Å². The van der Waals surface area contributed by atoms with Crippen molar-refractivity contribution in [2.75, 3.05) is 59.5 Å². The molecule has 0 bridgehead atoms. The van der Waals surface area contributed by atoms with Gasteiger partial charge in [-0.15, -0.1) is 0 Å². The van der Waals surface area contributed by atoms with Crippen LogP contribution in [0.4, 0.5) is 46.9 Å². The smallest absolute Gasteiger partial charge is 0.323 e. The number of hydrogen-bond acceptors (Lipinski definition) is 11. The van der Waals surface area contributed by atoms with Crippen LogP contribution >= 0.6 is 11.6 Å². The minimum absolute atomic E-state index is 0.0547. The van der Waals surface area contributed by atoms with Crippen LogP contribution in [0.3, 0.4) is 0 Å². The summed E-state index contributed by atoms with van der Waals surface area (Å²) in [6, 6.07) is 31.6. The number of piperazine rings is 1. The molecular weight excluding hydrogens is 858 g/mol. The molecule has 0 aliphatic carbocycles. The molecule has 1 aliphatic rings. The summed E-state index contributed by atoms with van der Waals surface area (Å²) >= 11 is 5.66. The van der Waals surface area contributed by atoms with Gasteiger partial charge in [-0.3, -0.25) is 15.0 Å². The summed E-state index contributed by atoms with van der Waals surface area (Å²) in [7, 11) is 1.59. The molecule has 2 aromatic heterocycles. The fourth-order valence-electron chi connectivity index (χ4n) is 6.49. The van der Waals surface area contributed by atoms with Gasteiger partial charge in [0.15, 0.2) is 11.6 Å². The maximum absolute atomic E-state index is 14.5. The predicted molar refractivity (Wildman–Crippen MR) is 247 cm³/mol. The summed E-state index contributed by atoms with van der Waals surface area (Å²) in [5.41, 5.74) is 4.61. The van der Waals surface area contributed by atoms with Gasteiger partial charge in [-0.05, 0) is 91.0 Å². The average Bonchev–Trinajstić information content (AvgIpc) is 3.32. The molecule has 4 amide bonds. The molecule has 0 unspecified atom stereocenters. The number of nitrogens with zero attached hydrogens (tertiary/aromatic N) is 5. The SMILES string of the molecule is COc1ccc(NC(=O)Nc2cccc(Oc3ccc4nccnc4c3)c2)cc1.O=C(Nc1ccc(Cl)c(F)c1)Nc1ccc(F)c(Oc2ccc3ncc(N4CCNCC4)nc3c2)c1. The molecule has 8 aromatic rings. The molecule has 18 heteroatoms. The van der Waals surface area contributed by atoms with E-state index in [0.29, 0.717) is 39.7 Å². The van der Waals surface area contributed by atoms with E-state index in [0.717, 1.165) is 54.8 Å². The maximum atomic E-state index is 14.5. The molecule has 328 valence electrons. The van der Waals surface area contributed by atoms with E-state index in [1.54, 1.807) is 86.4 Å². The lowest BCUT2D eigenvalue weighted by Crippen LogP contribution is -2.43. The summed E-state index contributed by atoms with van der Waals surface area (Å²) in [6.45, 7) is 3.42. The van der Waals surface area contributed by atoms with Crippen molar-refractivity contribution in [2.45, 2.75) is 0 Å². The van der Waals surface area contributed by atoms with Crippen molar-refractivity contribution < 1.29 is 32.6 Å². The van der Waals surface area contributed by atoms with Crippen molar-refractivity contribution in [3.8, 4) is 28.7 Å². The van der Waals surface area contributed by atoms with Gasteiger partial charge >= 0.3 is 12.1 Å². The van der Waals surface area contributed by atoms with Crippen molar-refractivity contribution in [1.82, 2.24) is 25.3 Å². The van der Waals surface area contributed by atoms with E-state index in [4.69, 9.17) is 30.8 Å². The van der Waals surface area contributed by atoms with E-state index in [1.807, 2.05) is 24.3 Å². The molecule has 0 spiro atoms. The summed E-state index contributed by atoms with van der Waals surface area (Å²) < 4.78 is 44.9. The molecule has 65 heavy (non-hydrogen) atoms. The number of methoxy groups -OCH3 is 1. The first kappa shape index (κ1) is 43.5. The normalized spacial score (nSPS) is 12.1. The third-order valence-electron chi connectivity index (χ3n) is 9.65.